The average Bonchev–Trinajstić information content (AvgIpc) is 3.19. The van der Waals surface area contributed by atoms with E-state index in [1.807, 2.05) is 18.3 Å². The zero-order valence-corrected chi connectivity index (χ0v) is 19.5. The molecule has 2 aromatic heterocycles. The number of aromatic nitrogens is 3. The number of benzene rings is 1. The lowest BCUT2D eigenvalue weighted by atomic mass is 9.76. The predicted octanol–water partition coefficient (Wildman–Crippen LogP) is 2.21. The van der Waals surface area contributed by atoms with Gasteiger partial charge in [-0.3, -0.25) is 9.20 Å². The summed E-state index contributed by atoms with van der Waals surface area (Å²) < 4.78 is 1.73. The highest BCUT2D eigenvalue weighted by molar-refractivity contribution is 5.93. The second kappa shape index (κ2) is 7.11. The molecule has 1 saturated heterocycles. The fourth-order valence-electron chi connectivity index (χ4n) is 5.89. The highest BCUT2D eigenvalue weighted by Gasteiger charge is 2.63. The van der Waals surface area contributed by atoms with Gasteiger partial charge in [-0.25, -0.2) is 9.97 Å². The minimum Gasteiger partial charge on any atom is -0.389 e. The minimum absolute atomic E-state index is 0.0934. The Hall–Kier alpha value is -3.28. The van der Waals surface area contributed by atoms with Gasteiger partial charge in [-0.1, -0.05) is 38.1 Å². The van der Waals surface area contributed by atoms with Crippen molar-refractivity contribution < 1.29 is 9.90 Å². The van der Waals surface area contributed by atoms with Crippen LogP contribution in [0, 0.1) is 16.7 Å². The highest BCUT2D eigenvalue weighted by atomic mass is 16.3. The van der Waals surface area contributed by atoms with Crippen molar-refractivity contribution in [2.45, 2.75) is 56.7 Å². The summed E-state index contributed by atoms with van der Waals surface area (Å²) in [6, 6.07) is 10.8. The molecule has 3 atom stereocenters. The summed E-state index contributed by atoms with van der Waals surface area (Å²) in [6.45, 7) is 5.69. The van der Waals surface area contributed by atoms with Crippen LogP contribution in [0.5, 0.6) is 0 Å². The normalized spacial score (nSPS) is 29.6. The Morgan fingerprint density at radius 2 is 2.03 bits per heavy atom. The van der Waals surface area contributed by atoms with E-state index in [2.05, 4.69) is 47.3 Å². The van der Waals surface area contributed by atoms with Gasteiger partial charge < -0.3 is 15.3 Å². The van der Waals surface area contributed by atoms with E-state index in [1.165, 1.54) is 11.1 Å². The Balaban J connectivity index is 1.21. The first kappa shape index (κ1) is 21.3. The van der Waals surface area contributed by atoms with Gasteiger partial charge in [0.05, 0.1) is 23.1 Å². The zero-order valence-electron chi connectivity index (χ0n) is 19.5. The molecule has 3 aromatic rings. The summed E-state index contributed by atoms with van der Waals surface area (Å²) in [7, 11) is 0. The first-order valence-corrected chi connectivity index (χ1v) is 11.8. The summed E-state index contributed by atoms with van der Waals surface area (Å²) >= 11 is 0. The lowest BCUT2D eigenvalue weighted by molar-refractivity contribution is -0.0140. The molecule has 2 aliphatic heterocycles. The van der Waals surface area contributed by atoms with Crippen LogP contribution in [0.25, 0.3) is 5.78 Å². The Morgan fingerprint density at radius 3 is 2.74 bits per heavy atom. The molecule has 1 spiro atoms. The number of likely N-dealkylation sites (tertiary alicyclic amines) is 1. The quantitative estimate of drug-likeness (QED) is 0.612. The average molecular weight is 457 g/mol. The van der Waals surface area contributed by atoms with Crippen LogP contribution in [0.15, 0.2) is 42.9 Å². The molecule has 0 bridgehead atoms. The Morgan fingerprint density at radius 1 is 1.26 bits per heavy atom. The zero-order chi connectivity index (χ0) is 23.7. The third-order valence-electron chi connectivity index (χ3n) is 8.35. The minimum atomic E-state index is -0.673. The number of fused-ring (bicyclic) bond motifs is 2. The fourth-order valence-corrected chi connectivity index (χ4v) is 5.89. The number of imidazole rings is 1. The molecule has 0 radical (unpaired) electrons. The van der Waals surface area contributed by atoms with Gasteiger partial charge >= 0.3 is 0 Å². The van der Waals surface area contributed by atoms with Gasteiger partial charge in [-0.15, -0.1) is 0 Å². The van der Waals surface area contributed by atoms with Gasteiger partial charge in [0.25, 0.3) is 5.91 Å². The number of nitriles is 1. The molecular weight excluding hydrogens is 428 g/mol. The van der Waals surface area contributed by atoms with Crippen molar-refractivity contribution >= 4 is 11.7 Å². The van der Waals surface area contributed by atoms with Crippen molar-refractivity contribution in [3.8, 4) is 6.07 Å². The number of β-amino-alcohol motifs (C(OH)–C–C–N with tert-alkyl or cyclic N) is 1. The number of rotatable bonds is 2. The van der Waals surface area contributed by atoms with Crippen LogP contribution in [0.2, 0.25) is 0 Å². The molecule has 1 unspecified atom stereocenters. The molecule has 8 heteroatoms. The molecule has 34 heavy (non-hydrogen) atoms. The summed E-state index contributed by atoms with van der Waals surface area (Å²) in [5.74, 6) is 0.220. The van der Waals surface area contributed by atoms with Gasteiger partial charge in [0, 0.05) is 43.8 Å². The Bertz CT molecular complexity index is 1360. The monoisotopic (exact) mass is 456 g/mol. The summed E-state index contributed by atoms with van der Waals surface area (Å²) in [6.07, 6.45) is 6.79. The summed E-state index contributed by atoms with van der Waals surface area (Å²) in [4.78, 5) is 23.8. The summed E-state index contributed by atoms with van der Waals surface area (Å²) in [5, 5.41) is 24.4. The molecule has 1 amide bonds. The van der Waals surface area contributed by atoms with Gasteiger partial charge in [0.15, 0.2) is 0 Å². The molecule has 2 fully saturated rings. The van der Waals surface area contributed by atoms with Crippen molar-refractivity contribution in [1.29, 1.82) is 5.26 Å². The number of piperidine rings is 1. The van der Waals surface area contributed by atoms with Crippen molar-refractivity contribution in [1.82, 2.24) is 24.6 Å². The fraction of sp³-hybridized carbons (Fsp3) is 0.462. The van der Waals surface area contributed by atoms with Gasteiger partial charge in [0.1, 0.15) is 5.69 Å². The van der Waals surface area contributed by atoms with Crippen LogP contribution in [0.4, 0.5) is 0 Å². The summed E-state index contributed by atoms with van der Waals surface area (Å²) in [5.41, 5.74) is 2.63. The number of hydrogen-bond donors (Lipinski definition) is 2. The van der Waals surface area contributed by atoms with Crippen LogP contribution < -0.4 is 5.32 Å². The smallest absolute Gasteiger partial charge is 0.274 e. The molecule has 2 N–H and O–H groups in total. The standard InChI is InChI=1S/C26H28N6O2/c1-24(2)15-25(24,16-27)19-11-28-23-30-20(13-32(23)12-19)22(34)31-8-7-26(21(33)14-31)9-17-5-3-4-6-18(17)10-29-26/h3-6,11-13,21,29,33H,7-10,14-15H2,1-2H3/t21-,25?,26+/m1/s1. The highest BCUT2D eigenvalue weighted by Crippen LogP contribution is 2.63. The molecule has 6 rings (SSSR count). The number of nitrogens with zero attached hydrogens (tertiary/aromatic N) is 5. The second-order valence-electron chi connectivity index (χ2n) is 10.7. The number of carbonyl (C=O) groups is 1. The maximum atomic E-state index is 13.3. The molecule has 8 nitrogen and oxygen atoms in total. The maximum absolute atomic E-state index is 13.3. The van der Waals surface area contributed by atoms with Gasteiger partial charge in [-0.2, -0.15) is 5.26 Å². The number of hydrogen-bond acceptors (Lipinski definition) is 6. The number of aliphatic hydroxyl groups is 1. The largest absolute Gasteiger partial charge is 0.389 e. The molecule has 1 aromatic carbocycles. The van der Waals surface area contributed by atoms with E-state index in [1.54, 1.807) is 21.7 Å². The third kappa shape index (κ3) is 3.00. The van der Waals surface area contributed by atoms with Crippen LogP contribution in [-0.4, -0.2) is 55.0 Å². The lowest BCUT2D eigenvalue weighted by Gasteiger charge is -2.48. The van der Waals surface area contributed by atoms with Crippen molar-refractivity contribution in [3.05, 3.63) is 65.2 Å². The first-order chi connectivity index (χ1) is 16.3. The van der Waals surface area contributed by atoms with Crippen molar-refractivity contribution in [2.75, 3.05) is 13.1 Å². The van der Waals surface area contributed by atoms with Crippen LogP contribution in [0.1, 0.15) is 53.9 Å². The van der Waals surface area contributed by atoms with Crippen LogP contribution >= 0.6 is 0 Å². The molecule has 1 saturated carbocycles. The van der Waals surface area contributed by atoms with Gasteiger partial charge in [-0.05, 0) is 35.8 Å². The third-order valence-corrected chi connectivity index (χ3v) is 8.35. The van der Waals surface area contributed by atoms with Crippen molar-refractivity contribution in [3.63, 3.8) is 0 Å². The maximum Gasteiger partial charge on any atom is 0.274 e. The molecule has 174 valence electrons. The van der Waals surface area contributed by atoms with E-state index < -0.39 is 17.1 Å². The lowest BCUT2D eigenvalue weighted by Crippen LogP contribution is -2.65. The van der Waals surface area contributed by atoms with E-state index in [9.17, 15) is 15.2 Å². The molecular formula is C26H28N6O2. The van der Waals surface area contributed by atoms with E-state index in [0.717, 1.165) is 24.9 Å². The van der Waals surface area contributed by atoms with E-state index >= 15 is 0 Å². The van der Waals surface area contributed by atoms with E-state index in [0.29, 0.717) is 24.4 Å². The number of aliphatic hydroxyl groups excluding tert-OH is 1. The van der Waals surface area contributed by atoms with Crippen LogP contribution in [0.3, 0.4) is 0 Å². The molecule has 3 aliphatic rings. The predicted molar refractivity (Wildman–Crippen MR) is 125 cm³/mol. The topological polar surface area (TPSA) is 107 Å². The number of nitrogens with one attached hydrogen (secondary N) is 1. The van der Waals surface area contributed by atoms with Gasteiger partial charge in [0.2, 0.25) is 5.78 Å². The Kier molecular flexibility index (Phi) is 4.45. The van der Waals surface area contributed by atoms with Crippen molar-refractivity contribution in [2.24, 2.45) is 5.41 Å². The Labute approximate surface area is 198 Å². The number of amides is 1. The molecule has 1 aliphatic carbocycles. The second-order valence-corrected chi connectivity index (χ2v) is 10.7. The molecule has 4 heterocycles. The van der Waals surface area contributed by atoms with E-state index in [-0.39, 0.29) is 17.9 Å². The van der Waals surface area contributed by atoms with E-state index in [4.69, 9.17) is 0 Å². The SMILES string of the molecule is CC1(C)CC1(C#N)c1cnc2nc(C(=O)N3CC[C@]4(Cc5ccccc5CN4)[C@H](O)C3)cn2c1. The number of carbonyl (C=O) groups excluding carboxylic acids is 1. The first-order valence-electron chi connectivity index (χ1n) is 11.8. The van der Waals surface area contributed by atoms with Crippen LogP contribution in [-0.2, 0) is 18.4 Å².